The highest BCUT2D eigenvalue weighted by Crippen LogP contribution is 2.23. The van der Waals surface area contributed by atoms with Crippen LogP contribution in [0, 0.1) is 6.92 Å². The number of hydrogen-bond donors (Lipinski definition) is 1. The first-order valence-corrected chi connectivity index (χ1v) is 7.84. The van der Waals surface area contributed by atoms with Crippen LogP contribution in [0.25, 0.3) is 0 Å². The summed E-state index contributed by atoms with van der Waals surface area (Å²) in [7, 11) is 2.15. The standard InChI is InChI=1S/C13H20N2O.2C2H6/c1-11-3-4-13(12(9-11)10-16)15-7-5-14(2)6-8-15;2*1-2/h3-4,9,16H,5-8,10H2,1-2H3;2*1-2H3. The summed E-state index contributed by atoms with van der Waals surface area (Å²) in [5.41, 5.74) is 3.45. The first kappa shape index (κ1) is 18.9. The van der Waals surface area contributed by atoms with Gasteiger partial charge in [0.25, 0.3) is 0 Å². The van der Waals surface area contributed by atoms with Crippen LogP contribution < -0.4 is 4.90 Å². The van der Waals surface area contributed by atoms with Crippen LogP contribution in [0.2, 0.25) is 0 Å². The van der Waals surface area contributed by atoms with E-state index in [-0.39, 0.29) is 6.61 Å². The molecule has 0 saturated carbocycles. The average Bonchev–Trinajstić information content (AvgIpc) is 2.52. The molecule has 0 aromatic heterocycles. The second kappa shape index (κ2) is 10.7. The van der Waals surface area contributed by atoms with Crippen LogP contribution in [-0.2, 0) is 6.61 Å². The van der Waals surface area contributed by atoms with Gasteiger partial charge in [-0.05, 0) is 20.0 Å². The number of rotatable bonds is 2. The molecule has 0 spiro atoms. The highest BCUT2D eigenvalue weighted by molar-refractivity contribution is 5.55. The van der Waals surface area contributed by atoms with Gasteiger partial charge in [0.2, 0.25) is 0 Å². The Morgan fingerprint density at radius 1 is 1.00 bits per heavy atom. The van der Waals surface area contributed by atoms with Crippen molar-refractivity contribution in [2.24, 2.45) is 0 Å². The normalized spacial score (nSPS) is 14.8. The number of likely N-dealkylation sites (N-methyl/N-ethyl adjacent to an activating group) is 1. The van der Waals surface area contributed by atoms with Crippen molar-refractivity contribution >= 4 is 5.69 Å². The van der Waals surface area contributed by atoms with E-state index in [2.05, 4.69) is 42.0 Å². The molecule has 0 amide bonds. The minimum Gasteiger partial charge on any atom is -0.392 e. The molecule has 3 nitrogen and oxygen atoms in total. The summed E-state index contributed by atoms with van der Waals surface area (Å²) in [6, 6.07) is 6.33. The first-order chi connectivity index (χ1) is 9.70. The van der Waals surface area contributed by atoms with Crippen LogP contribution in [0.3, 0.4) is 0 Å². The Morgan fingerprint density at radius 2 is 1.55 bits per heavy atom. The van der Waals surface area contributed by atoms with Gasteiger partial charge in [-0.15, -0.1) is 0 Å². The highest BCUT2D eigenvalue weighted by Gasteiger charge is 2.16. The molecule has 0 aliphatic carbocycles. The van der Waals surface area contributed by atoms with Gasteiger partial charge in [0.05, 0.1) is 6.61 Å². The van der Waals surface area contributed by atoms with Gasteiger partial charge in [0.1, 0.15) is 0 Å². The van der Waals surface area contributed by atoms with Crippen molar-refractivity contribution in [3.63, 3.8) is 0 Å². The maximum Gasteiger partial charge on any atom is 0.0702 e. The maximum atomic E-state index is 9.39. The summed E-state index contributed by atoms with van der Waals surface area (Å²) in [4.78, 5) is 4.70. The van der Waals surface area contributed by atoms with Gasteiger partial charge in [0.15, 0.2) is 0 Å². The molecule has 1 heterocycles. The Hall–Kier alpha value is -1.06. The lowest BCUT2D eigenvalue weighted by Gasteiger charge is -2.35. The molecule has 20 heavy (non-hydrogen) atoms. The third kappa shape index (κ3) is 5.51. The summed E-state index contributed by atoms with van der Waals surface area (Å²) in [6.45, 7) is 14.5. The number of aliphatic hydroxyl groups excluding tert-OH is 1. The van der Waals surface area contributed by atoms with Gasteiger partial charge >= 0.3 is 0 Å². The van der Waals surface area contributed by atoms with Crippen LogP contribution >= 0.6 is 0 Å². The Balaban J connectivity index is 0.000000829. The molecular weight excluding hydrogens is 248 g/mol. The van der Waals surface area contributed by atoms with E-state index in [0.717, 1.165) is 31.7 Å². The SMILES string of the molecule is CC.CC.Cc1ccc(N2CCN(C)CC2)c(CO)c1. The zero-order valence-electron chi connectivity index (χ0n) is 14.1. The third-order valence-corrected chi connectivity index (χ3v) is 3.25. The van der Waals surface area contributed by atoms with Gasteiger partial charge in [-0.2, -0.15) is 0 Å². The lowest BCUT2D eigenvalue weighted by Crippen LogP contribution is -2.44. The number of piperazine rings is 1. The molecule has 1 aliphatic heterocycles. The van der Waals surface area contributed by atoms with Crippen LogP contribution in [-0.4, -0.2) is 43.2 Å². The molecule has 2 rings (SSSR count). The predicted molar refractivity (Wildman–Crippen MR) is 89.5 cm³/mol. The second-order valence-electron chi connectivity index (χ2n) is 4.58. The summed E-state index contributed by atoms with van der Waals surface area (Å²) >= 11 is 0. The van der Waals surface area contributed by atoms with Crippen molar-refractivity contribution < 1.29 is 5.11 Å². The number of hydrogen-bond acceptors (Lipinski definition) is 3. The maximum absolute atomic E-state index is 9.39. The van der Waals surface area contributed by atoms with Crippen LogP contribution in [0.1, 0.15) is 38.8 Å². The zero-order chi connectivity index (χ0) is 15.5. The molecule has 0 atom stereocenters. The van der Waals surface area contributed by atoms with Gasteiger partial charge < -0.3 is 14.9 Å². The van der Waals surface area contributed by atoms with Crippen LogP contribution in [0.5, 0.6) is 0 Å². The van der Waals surface area contributed by atoms with E-state index in [1.165, 1.54) is 11.3 Å². The van der Waals surface area contributed by atoms with Crippen molar-refractivity contribution in [3.8, 4) is 0 Å². The summed E-state index contributed by atoms with van der Waals surface area (Å²) in [5, 5.41) is 9.39. The van der Waals surface area contributed by atoms with Gasteiger partial charge in [-0.25, -0.2) is 0 Å². The fourth-order valence-corrected chi connectivity index (χ4v) is 2.20. The highest BCUT2D eigenvalue weighted by atomic mass is 16.3. The van der Waals surface area contributed by atoms with Gasteiger partial charge in [-0.1, -0.05) is 45.4 Å². The molecule has 116 valence electrons. The Morgan fingerprint density at radius 3 is 2.05 bits per heavy atom. The van der Waals surface area contributed by atoms with E-state index in [9.17, 15) is 5.11 Å². The predicted octanol–water partition coefficient (Wildman–Crippen LogP) is 3.29. The van der Waals surface area contributed by atoms with Crippen molar-refractivity contribution in [1.82, 2.24) is 4.90 Å². The van der Waals surface area contributed by atoms with Crippen LogP contribution in [0.15, 0.2) is 18.2 Å². The molecule has 0 unspecified atom stereocenters. The molecule has 1 aliphatic rings. The van der Waals surface area contributed by atoms with E-state index in [4.69, 9.17) is 0 Å². The lowest BCUT2D eigenvalue weighted by atomic mass is 10.1. The Kier molecular flexibility index (Phi) is 10.1. The number of anilines is 1. The fourth-order valence-electron chi connectivity index (χ4n) is 2.20. The van der Waals surface area contributed by atoms with Crippen molar-refractivity contribution in [3.05, 3.63) is 29.3 Å². The van der Waals surface area contributed by atoms with Crippen molar-refractivity contribution in [2.45, 2.75) is 41.2 Å². The summed E-state index contributed by atoms with van der Waals surface area (Å²) < 4.78 is 0. The number of nitrogens with zero attached hydrogens (tertiary/aromatic N) is 2. The van der Waals surface area contributed by atoms with Gasteiger partial charge in [-0.3, -0.25) is 0 Å². The van der Waals surface area contributed by atoms with Crippen molar-refractivity contribution in [2.75, 3.05) is 38.1 Å². The van der Waals surface area contributed by atoms with E-state index in [0.29, 0.717) is 0 Å². The molecule has 1 aromatic rings. The molecule has 0 radical (unpaired) electrons. The monoisotopic (exact) mass is 280 g/mol. The molecule has 0 bridgehead atoms. The molecule has 1 fully saturated rings. The molecule has 1 N–H and O–H groups in total. The zero-order valence-corrected chi connectivity index (χ0v) is 14.1. The minimum absolute atomic E-state index is 0.128. The number of aliphatic hydroxyl groups is 1. The van der Waals surface area contributed by atoms with E-state index < -0.39 is 0 Å². The van der Waals surface area contributed by atoms with E-state index in [1.807, 2.05) is 27.7 Å². The van der Waals surface area contributed by atoms with Gasteiger partial charge in [0, 0.05) is 37.4 Å². The summed E-state index contributed by atoms with van der Waals surface area (Å²) in [5.74, 6) is 0. The topological polar surface area (TPSA) is 26.7 Å². The van der Waals surface area contributed by atoms with E-state index in [1.54, 1.807) is 0 Å². The quantitative estimate of drug-likeness (QED) is 0.900. The first-order valence-electron chi connectivity index (χ1n) is 7.84. The second-order valence-corrected chi connectivity index (χ2v) is 4.58. The number of aryl methyl sites for hydroxylation is 1. The summed E-state index contributed by atoms with van der Waals surface area (Å²) in [6.07, 6.45) is 0. The fraction of sp³-hybridized carbons (Fsp3) is 0.647. The van der Waals surface area contributed by atoms with E-state index >= 15 is 0 Å². The Labute approximate surface area is 125 Å². The number of benzene rings is 1. The third-order valence-electron chi connectivity index (χ3n) is 3.25. The molecule has 3 heteroatoms. The molecule has 1 saturated heterocycles. The Bertz CT molecular complexity index is 358. The smallest absolute Gasteiger partial charge is 0.0702 e. The minimum atomic E-state index is 0.128. The lowest BCUT2D eigenvalue weighted by molar-refractivity contribution is 0.280. The molecular formula is C17H32N2O. The average molecular weight is 280 g/mol. The molecule has 1 aromatic carbocycles. The largest absolute Gasteiger partial charge is 0.392 e. The van der Waals surface area contributed by atoms with Crippen molar-refractivity contribution in [1.29, 1.82) is 0 Å². The van der Waals surface area contributed by atoms with Crippen LogP contribution in [0.4, 0.5) is 5.69 Å².